The number of carbonyl (C=O) groups is 1. The van der Waals surface area contributed by atoms with E-state index < -0.39 is 0 Å². The van der Waals surface area contributed by atoms with Crippen molar-refractivity contribution in [2.24, 2.45) is 5.92 Å². The molecular formula is C10H16O2. The summed E-state index contributed by atoms with van der Waals surface area (Å²) in [5.41, 5.74) is 0. The first-order chi connectivity index (χ1) is 5.65. The summed E-state index contributed by atoms with van der Waals surface area (Å²) in [7, 11) is 0. The third-order valence-corrected chi connectivity index (χ3v) is 2.26. The van der Waals surface area contributed by atoms with Crippen molar-refractivity contribution in [2.75, 3.05) is 0 Å². The molecule has 1 saturated heterocycles. The molecule has 0 saturated carbocycles. The number of hydrogen-bond acceptors (Lipinski definition) is 2. The fourth-order valence-corrected chi connectivity index (χ4v) is 1.49. The van der Waals surface area contributed by atoms with E-state index in [-0.39, 0.29) is 18.1 Å². The van der Waals surface area contributed by atoms with Crippen molar-refractivity contribution < 1.29 is 9.53 Å². The van der Waals surface area contributed by atoms with Crippen molar-refractivity contribution in [3.8, 4) is 0 Å². The number of allylic oxidation sites excluding steroid dienone is 1. The lowest BCUT2D eigenvalue weighted by molar-refractivity contribution is -0.138. The van der Waals surface area contributed by atoms with E-state index in [2.05, 4.69) is 0 Å². The van der Waals surface area contributed by atoms with Crippen LogP contribution in [0.3, 0.4) is 0 Å². The Bertz CT molecular complexity index is 196. The van der Waals surface area contributed by atoms with Gasteiger partial charge in [0.15, 0.2) is 0 Å². The summed E-state index contributed by atoms with van der Waals surface area (Å²) in [6, 6.07) is 0. The van der Waals surface area contributed by atoms with Gasteiger partial charge in [0.25, 0.3) is 0 Å². The van der Waals surface area contributed by atoms with Crippen LogP contribution in [0, 0.1) is 5.92 Å². The first-order valence-electron chi connectivity index (χ1n) is 4.46. The highest BCUT2D eigenvalue weighted by Crippen LogP contribution is 2.22. The number of carbonyl (C=O) groups excluding carboxylic acids is 1. The van der Waals surface area contributed by atoms with Gasteiger partial charge in [0.2, 0.25) is 0 Å². The van der Waals surface area contributed by atoms with Crippen molar-refractivity contribution in [1.29, 1.82) is 0 Å². The van der Waals surface area contributed by atoms with E-state index in [1.54, 1.807) is 0 Å². The molecule has 0 aromatic rings. The minimum atomic E-state index is -0.00810. The lowest BCUT2D eigenvalue weighted by Gasteiger charge is -2.30. The summed E-state index contributed by atoms with van der Waals surface area (Å²) >= 11 is 0. The third-order valence-electron chi connectivity index (χ3n) is 2.26. The molecule has 0 bridgehead atoms. The van der Waals surface area contributed by atoms with Crippen LogP contribution in [0.1, 0.15) is 27.2 Å². The van der Waals surface area contributed by atoms with Gasteiger partial charge in [-0.2, -0.15) is 0 Å². The molecule has 3 unspecified atom stereocenters. The average Bonchev–Trinajstić information content (AvgIpc) is 2.00. The molecule has 0 aromatic carbocycles. The van der Waals surface area contributed by atoms with Gasteiger partial charge in [-0.1, -0.05) is 19.1 Å². The SMILES string of the molecule is C/C=C/C1OC(C)CC(=O)C1C. The minimum absolute atomic E-state index is 0.00810. The molecule has 0 radical (unpaired) electrons. The Morgan fingerprint density at radius 1 is 1.50 bits per heavy atom. The molecule has 1 heterocycles. The molecule has 1 rings (SSSR count). The lowest BCUT2D eigenvalue weighted by Crippen LogP contribution is -2.37. The van der Waals surface area contributed by atoms with Crippen LogP contribution in [0.2, 0.25) is 0 Å². The summed E-state index contributed by atoms with van der Waals surface area (Å²) in [5, 5.41) is 0. The quantitative estimate of drug-likeness (QED) is 0.559. The second-order valence-electron chi connectivity index (χ2n) is 3.40. The van der Waals surface area contributed by atoms with Crippen LogP contribution in [0.15, 0.2) is 12.2 Å². The molecule has 1 aliphatic heterocycles. The van der Waals surface area contributed by atoms with Crippen molar-refractivity contribution in [3.63, 3.8) is 0 Å². The molecule has 0 amide bonds. The second kappa shape index (κ2) is 3.85. The molecule has 2 nitrogen and oxygen atoms in total. The van der Waals surface area contributed by atoms with Crippen LogP contribution >= 0.6 is 0 Å². The molecule has 3 atom stereocenters. The van der Waals surface area contributed by atoms with Crippen LogP contribution in [0.4, 0.5) is 0 Å². The Morgan fingerprint density at radius 3 is 2.75 bits per heavy atom. The summed E-state index contributed by atoms with van der Waals surface area (Å²) < 4.78 is 5.60. The molecule has 1 aliphatic rings. The fraction of sp³-hybridized carbons (Fsp3) is 0.700. The Hall–Kier alpha value is -0.630. The van der Waals surface area contributed by atoms with Crippen LogP contribution in [-0.2, 0) is 9.53 Å². The van der Waals surface area contributed by atoms with Crippen LogP contribution < -0.4 is 0 Å². The molecule has 0 N–H and O–H groups in total. The van der Waals surface area contributed by atoms with Gasteiger partial charge in [0.1, 0.15) is 5.78 Å². The molecule has 0 aromatic heterocycles. The second-order valence-corrected chi connectivity index (χ2v) is 3.40. The first kappa shape index (κ1) is 9.46. The van der Waals surface area contributed by atoms with Crippen LogP contribution in [0.5, 0.6) is 0 Å². The summed E-state index contributed by atoms with van der Waals surface area (Å²) in [4.78, 5) is 11.4. The molecule has 68 valence electrons. The van der Waals surface area contributed by atoms with Crippen molar-refractivity contribution >= 4 is 5.78 Å². The van der Waals surface area contributed by atoms with Gasteiger partial charge in [-0.15, -0.1) is 0 Å². The van der Waals surface area contributed by atoms with Crippen LogP contribution in [-0.4, -0.2) is 18.0 Å². The molecule has 0 spiro atoms. The Balaban J connectivity index is 2.66. The number of rotatable bonds is 1. The zero-order valence-corrected chi connectivity index (χ0v) is 7.91. The standard InChI is InChI=1S/C10H16O2/c1-4-5-10-8(3)9(11)6-7(2)12-10/h4-5,7-8,10H,6H2,1-3H3/b5-4+. The van der Waals surface area contributed by atoms with E-state index in [0.717, 1.165) is 0 Å². The number of hydrogen-bond donors (Lipinski definition) is 0. The maximum atomic E-state index is 11.4. The van der Waals surface area contributed by atoms with Crippen molar-refractivity contribution in [1.82, 2.24) is 0 Å². The summed E-state index contributed by atoms with van der Waals surface area (Å²) in [5.74, 6) is 0.342. The minimum Gasteiger partial charge on any atom is -0.370 e. The van der Waals surface area contributed by atoms with Gasteiger partial charge >= 0.3 is 0 Å². The third kappa shape index (κ3) is 1.95. The molecule has 12 heavy (non-hydrogen) atoms. The number of ether oxygens (including phenoxy) is 1. The average molecular weight is 168 g/mol. The lowest BCUT2D eigenvalue weighted by atomic mass is 9.92. The molecular weight excluding hydrogens is 152 g/mol. The van der Waals surface area contributed by atoms with Gasteiger partial charge < -0.3 is 4.74 Å². The highest BCUT2D eigenvalue weighted by atomic mass is 16.5. The highest BCUT2D eigenvalue weighted by Gasteiger charge is 2.30. The van der Waals surface area contributed by atoms with Crippen LogP contribution in [0.25, 0.3) is 0 Å². The monoisotopic (exact) mass is 168 g/mol. The number of ketones is 1. The Morgan fingerprint density at radius 2 is 2.17 bits per heavy atom. The zero-order chi connectivity index (χ0) is 9.14. The summed E-state index contributed by atoms with van der Waals surface area (Å²) in [6.45, 7) is 5.82. The topological polar surface area (TPSA) is 26.3 Å². The smallest absolute Gasteiger partial charge is 0.141 e. The fourth-order valence-electron chi connectivity index (χ4n) is 1.49. The Labute approximate surface area is 73.6 Å². The van der Waals surface area contributed by atoms with Gasteiger partial charge in [-0.3, -0.25) is 4.79 Å². The van der Waals surface area contributed by atoms with E-state index in [1.165, 1.54) is 0 Å². The normalized spacial score (nSPS) is 37.6. The maximum Gasteiger partial charge on any atom is 0.141 e. The maximum absolute atomic E-state index is 11.4. The van der Waals surface area contributed by atoms with Crippen molar-refractivity contribution in [2.45, 2.75) is 39.4 Å². The zero-order valence-electron chi connectivity index (χ0n) is 7.91. The van der Waals surface area contributed by atoms with Gasteiger partial charge in [-0.05, 0) is 13.8 Å². The predicted molar refractivity (Wildman–Crippen MR) is 47.9 cm³/mol. The van der Waals surface area contributed by atoms with Gasteiger partial charge in [0, 0.05) is 12.3 Å². The van der Waals surface area contributed by atoms with E-state index in [4.69, 9.17) is 4.74 Å². The van der Waals surface area contributed by atoms with Gasteiger partial charge in [-0.25, -0.2) is 0 Å². The Kier molecular flexibility index (Phi) is 3.04. The molecule has 0 aliphatic carbocycles. The summed E-state index contributed by atoms with van der Waals surface area (Å²) in [6.07, 6.45) is 4.53. The molecule has 2 heteroatoms. The highest BCUT2D eigenvalue weighted by molar-refractivity contribution is 5.82. The van der Waals surface area contributed by atoms with E-state index in [1.807, 2.05) is 32.9 Å². The first-order valence-corrected chi connectivity index (χ1v) is 4.46. The van der Waals surface area contributed by atoms with E-state index in [9.17, 15) is 4.79 Å². The molecule has 1 fully saturated rings. The van der Waals surface area contributed by atoms with Gasteiger partial charge in [0.05, 0.1) is 12.2 Å². The predicted octanol–water partition coefficient (Wildman–Crippen LogP) is 1.95. The largest absolute Gasteiger partial charge is 0.370 e. The van der Waals surface area contributed by atoms with Crippen molar-refractivity contribution in [3.05, 3.63) is 12.2 Å². The van der Waals surface area contributed by atoms with E-state index in [0.29, 0.717) is 12.2 Å². The number of Topliss-reactive ketones (excluding diaryl/α,β-unsaturated/α-hetero) is 1. The van der Waals surface area contributed by atoms with E-state index >= 15 is 0 Å².